The van der Waals surface area contributed by atoms with Crippen LogP contribution in [0.1, 0.15) is 15.9 Å². The molecule has 0 unspecified atom stereocenters. The Labute approximate surface area is 162 Å². The summed E-state index contributed by atoms with van der Waals surface area (Å²) in [4.78, 5) is 12.4. The van der Waals surface area contributed by atoms with E-state index in [9.17, 15) is 17.6 Å². The number of carbonyl (C=O) groups is 1. The van der Waals surface area contributed by atoms with Gasteiger partial charge in [0, 0.05) is 11.8 Å². The number of hydrogen-bond acceptors (Lipinski definition) is 4. The van der Waals surface area contributed by atoms with Gasteiger partial charge in [-0.25, -0.2) is 12.8 Å². The number of rotatable bonds is 6. The third-order valence-electron chi connectivity index (χ3n) is 3.96. The average Bonchev–Trinajstić information content (AvgIpc) is 2.68. The molecule has 1 N–H and O–H groups in total. The largest absolute Gasteiger partial charge is 0.489 e. The first kappa shape index (κ1) is 19.6. The van der Waals surface area contributed by atoms with Crippen LogP contribution in [0.25, 0.3) is 0 Å². The first-order valence-corrected chi connectivity index (χ1v) is 10.3. The van der Waals surface area contributed by atoms with E-state index in [1.54, 1.807) is 18.2 Å². The minimum absolute atomic E-state index is 0.0795. The maximum Gasteiger partial charge on any atom is 0.255 e. The Morgan fingerprint density at radius 2 is 1.75 bits per heavy atom. The van der Waals surface area contributed by atoms with Crippen LogP contribution >= 0.6 is 0 Å². The monoisotopic (exact) mass is 399 g/mol. The minimum Gasteiger partial charge on any atom is -0.489 e. The van der Waals surface area contributed by atoms with E-state index < -0.39 is 21.6 Å². The van der Waals surface area contributed by atoms with Crippen LogP contribution in [-0.4, -0.2) is 20.6 Å². The molecule has 7 heteroatoms. The van der Waals surface area contributed by atoms with E-state index in [-0.39, 0.29) is 16.1 Å². The summed E-state index contributed by atoms with van der Waals surface area (Å²) in [6, 6.07) is 19.3. The summed E-state index contributed by atoms with van der Waals surface area (Å²) in [6.07, 6.45) is 1.01. The number of halogens is 1. The van der Waals surface area contributed by atoms with Crippen molar-refractivity contribution in [2.75, 3.05) is 11.6 Å². The fraction of sp³-hybridized carbons (Fsp3) is 0.0952. The molecule has 0 radical (unpaired) electrons. The number of sulfone groups is 1. The van der Waals surface area contributed by atoms with Gasteiger partial charge in [0.2, 0.25) is 0 Å². The normalized spacial score (nSPS) is 11.1. The Morgan fingerprint density at radius 3 is 2.46 bits per heavy atom. The fourth-order valence-electron chi connectivity index (χ4n) is 2.49. The van der Waals surface area contributed by atoms with E-state index in [0.717, 1.165) is 30.0 Å². The van der Waals surface area contributed by atoms with Crippen molar-refractivity contribution < 1.29 is 22.3 Å². The lowest BCUT2D eigenvalue weighted by Crippen LogP contribution is -2.14. The van der Waals surface area contributed by atoms with Crippen molar-refractivity contribution in [1.29, 1.82) is 0 Å². The molecule has 0 saturated carbocycles. The third-order valence-corrected chi connectivity index (χ3v) is 5.07. The van der Waals surface area contributed by atoms with E-state index in [4.69, 9.17) is 4.74 Å². The molecule has 144 valence electrons. The standard InChI is InChI=1S/C21H18FNO4S/c1-28(25,26)18-10-11-19(22)20(13-18)23-21(24)16-8-5-9-17(12-16)27-14-15-6-3-2-4-7-15/h2-13H,14H2,1H3,(H,23,24). The highest BCUT2D eigenvalue weighted by Crippen LogP contribution is 2.21. The van der Waals surface area contributed by atoms with E-state index in [0.29, 0.717) is 12.4 Å². The maximum absolute atomic E-state index is 14.0. The van der Waals surface area contributed by atoms with E-state index in [1.165, 1.54) is 6.07 Å². The second kappa shape index (κ2) is 8.22. The third kappa shape index (κ3) is 4.95. The van der Waals surface area contributed by atoms with Gasteiger partial charge in [0.1, 0.15) is 18.2 Å². The molecule has 1 amide bonds. The van der Waals surface area contributed by atoms with Gasteiger partial charge in [-0.1, -0.05) is 36.4 Å². The predicted octanol–water partition coefficient (Wildman–Crippen LogP) is 4.06. The van der Waals surface area contributed by atoms with Crippen LogP contribution < -0.4 is 10.1 Å². The van der Waals surface area contributed by atoms with Crippen LogP contribution in [0, 0.1) is 5.82 Å². The number of carbonyl (C=O) groups excluding carboxylic acids is 1. The quantitative estimate of drug-likeness (QED) is 0.635. The lowest BCUT2D eigenvalue weighted by atomic mass is 10.2. The van der Waals surface area contributed by atoms with Crippen molar-refractivity contribution in [3.8, 4) is 5.75 Å². The van der Waals surface area contributed by atoms with Crippen LogP contribution in [0.2, 0.25) is 0 Å². The highest BCUT2D eigenvalue weighted by Gasteiger charge is 2.14. The number of benzene rings is 3. The molecule has 0 aromatic heterocycles. The van der Waals surface area contributed by atoms with Crippen molar-refractivity contribution >= 4 is 21.4 Å². The van der Waals surface area contributed by atoms with Crippen LogP contribution in [0.5, 0.6) is 5.75 Å². The van der Waals surface area contributed by atoms with E-state index in [1.807, 2.05) is 30.3 Å². The molecule has 3 rings (SSSR count). The number of nitrogens with one attached hydrogen (secondary N) is 1. The Kier molecular flexibility index (Phi) is 5.75. The van der Waals surface area contributed by atoms with Gasteiger partial charge >= 0.3 is 0 Å². The molecule has 3 aromatic carbocycles. The number of anilines is 1. The molecular formula is C21H18FNO4S. The van der Waals surface area contributed by atoms with Crippen LogP contribution in [0.15, 0.2) is 77.7 Å². The van der Waals surface area contributed by atoms with Gasteiger partial charge in [0.25, 0.3) is 5.91 Å². The molecule has 3 aromatic rings. The molecule has 28 heavy (non-hydrogen) atoms. The summed E-state index contributed by atoms with van der Waals surface area (Å²) in [5.41, 5.74) is 1.04. The Bertz CT molecular complexity index is 1100. The number of ether oxygens (including phenoxy) is 1. The number of hydrogen-bond donors (Lipinski definition) is 1. The summed E-state index contributed by atoms with van der Waals surface area (Å²) in [7, 11) is -3.52. The molecule has 0 aliphatic carbocycles. The Balaban J connectivity index is 1.75. The fourth-order valence-corrected chi connectivity index (χ4v) is 3.14. The zero-order valence-electron chi connectivity index (χ0n) is 15.1. The summed E-state index contributed by atoms with van der Waals surface area (Å²) in [5, 5.41) is 2.41. The molecule has 0 bridgehead atoms. The van der Waals surface area contributed by atoms with E-state index >= 15 is 0 Å². The second-order valence-electron chi connectivity index (χ2n) is 6.17. The predicted molar refractivity (Wildman–Crippen MR) is 105 cm³/mol. The SMILES string of the molecule is CS(=O)(=O)c1ccc(F)c(NC(=O)c2cccc(OCc3ccccc3)c2)c1. The second-order valence-corrected chi connectivity index (χ2v) is 8.19. The first-order chi connectivity index (χ1) is 13.3. The van der Waals surface area contributed by atoms with Crippen molar-refractivity contribution in [2.24, 2.45) is 0 Å². The summed E-state index contributed by atoms with van der Waals surface area (Å²) < 4.78 is 42.9. The molecular weight excluding hydrogens is 381 g/mol. The molecule has 5 nitrogen and oxygen atoms in total. The van der Waals surface area contributed by atoms with Crippen LogP contribution in [0.3, 0.4) is 0 Å². The summed E-state index contributed by atoms with van der Waals surface area (Å²) >= 11 is 0. The maximum atomic E-state index is 14.0. The zero-order chi connectivity index (χ0) is 20.1. The summed E-state index contributed by atoms with van der Waals surface area (Å²) in [5.74, 6) is -0.811. The number of amides is 1. The molecule has 0 spiro atoms. The van der Waals surface area contributed by atoms with Gasteiger partial charge in [0.05, 0.1) is 10.6 Å². The van der Waals surface area contributed by atoms with Crippen molar-refractivity contribution in [1.82, 2.24) is 0 Å². The summed E-state index contributed by atoms with van der Waals surface area (Å²) in [6.45, 7) is 0.344. The average molecular weight is 399 g/mol. The molecule has 0 aliphatic rings. The van der Waals surface area contributed by atoms with E-state index in [2.05, 4.69) is 5.32 Å². The van der Waals surface area contributed by atoms with Crippen LogP contribution in [-0.2, 0) is 16.4 Å². The van der Waals surface area contributed by atoms with Gasteiger partial charge in [-0.3, -0.25) is 4.79 Å². The topological polar surface area (TPSA) is 72.5 Å². The molecule has 0 saturated heterocycles. The van der Waals surface area contributed by atoms with Gasteiger partial charge < -0.3 is 10.1 Å². The lowest BCUT2D eigenvalue weighted by Gasteiger charge is -2.10. The van der Waals surface area contributed by atoms with Gasteiger partial charge in [-0.15, -0.1) is 0 Å². The highest BCUT2D eigenvalue weighted by molar-refractivity contribution is 7.90. The molecule has 0 fully saturated rings. The molecule has 0 aliphatic heterocycles. The van der Waals surface area contributed by atoms with Crippen molar-refractivity contribution in [2.45, 2.75) is 11.5 Å². The Morgan fingerprint density at radius 1 is 1.00 bits per heavy atom. The zero-order valence-corrected chi connectivity index (χ0v) is 15.9. The lowest BCUT2D eigenvalue weighted by molar-refractivity contribution is 0.102. The smallest absolute Gasteiger partial charge is 0.255 e. The minimum atomic E-state index is -3.52. The van der Waals surface area contributed by atoms with Gasteiger partial charge in [-0.05, 0) is 42.0 Å². The first-order valence-electron chi connectivity index (χ1n) is 8.41. The van der Waals surface area contributed by atoms with Crippen LogP contribution in [0.4, 0.5) is 10.1 Å². The molecule has 0 atom stereocenters. The highest BCUT2D eigenvalue weighted by atomic mass is 32.2. The van der Waals surface area contributed by atoms with Crippen molar-refractivity contribution in [3.63, 3.8) is 0 Å². The van der Waals surface area contributed by atoms with Gasteiger partial charge in [-0.2, -0.15) is 0 Å². The molecule has 0 heterocycles. The Hall–Kier alpha value is -3.19. The van der Waals surface area contributed by atoms with Crippen molar-refractivity contribution in [3.05, 3.63) is 89.7 Å². The van der Waals surface area contributed by atoms with Gasteiger partial charge in [0.15, 0.2) is 9.84 Å².